The predicted octanol–water partition coefficient (Wildman–Crippen LogP) is 4.47. The fraction of sp³-hybridized carbons (Fsp3) is 0.467. The maximum atomic E-state index is 13.6. The van der Waals surface area contributed by atoms with E-state index in [1.807, 2.05) is 0 Å². The Morgan fingerprint density at radius 2 is 2.18 bits per heavy atom. The molecule has 2 rings (SSSR count). The molecule has 0 amide bonds. The van der Waals surface area contributed by atoms with Gasteiger partial charge in [-0.1, -0.05) is 11.6 Å². The van der Waals surface area contributed by atoms with E-state index in [-0.39, 0.29) is 22.6 Å². The second kappa shape index (κ2) is 7.68. The molecular weight excluding hydrogens is 329 g/mol. The van der Waals surface area contributed by atoms with Crippen LogP contribution in [-0.2, 0) is 9.53 Å². The number of nitrogens with zero attached hydrogens (tertiary/aromatic N) is 1. The highest BCUT2D eigenvalue weighted by Crippen LogP contribution is 2.32. The smallest absolute Gasteiger partial charge is 0.347 e. The average molecular weight is 344 g/mol. The Morgan fingerprint density at radius 1 is 1.50 bits per heavy atom. The molecule has 1 atom stereocenters. The molecule has 1 fully saturated rings. The van der Waals surface area contributed by atoms with Crippen LogP contribution < -0.4 is 4.74 Å². The standard InChI is InChI=1S/C15H15ClFNO3S/c1-9(15(19)21-10-4-2-3-5-10)20-14-7-13(18-8-22)12(17)6-11(14)16/h6-7,9-10H,2-5H2,1H3. The molecule has 0 bridgehead atoms. The quantitative estimate of drug-likeness (QED) is 0.449. The summed E-state index contributed by atoms with van der Waals surface area (Å²) in [4.78, 5) is 15.6. The Hall–Kier alpha value is -1.49. The first kappa shape index (κ1) is 16.9. The summed E-state index contributed by atoms with van der Waals surface area (Å²) in [6.45, 7) is 1.55. The molecule has 1 aliphatic carbocycles. The molecular formula is C15H15ClFNO3S. The predicted molar refractivity (Wildman–Crippen MR) is 84.5 cm³/mol. The highest BCUT2D eigenvalue weighted by atomic mass is 35.5. The average Bonchev–Trinajstić information content (AvgIpc) is 2.97. The lowest BCUT2D eigenvalue weighted by Crippen LogP contribution is -2.29. The van der Waals surface area contributed by atoms with Gasteiger partial charge in [0.1, 0.15) is 17.5 Å². The molecule has 1 aromatic rings. The van der Waals surface area contributed by atoms with Gasteiger partial charge < -0.3 is 9.47 Å². The van der Waals surface area contributed by atoms with Crippen molar-refractivity contribution in [3.05, 3.63) is 23.0 Å². The van der Waals surface area contributed by atoms with Crippen LogP contribution in [-0.4, -0.2) is 23.3 Å². The number of hydrogen-bond acceptors (Lipinski definition) is 5. The largest absolute Gasteiger partial charge is 0.477 e. The highest BCUT2D eigenvalue weighted by molar-refractivity contribution is 7.78. The molecule has 0 aromatic heterocycles. The van der Waals surface area contributed by atoms with Gasteiger partial charge in [0.05, 0.1) is 10.2 Å². The van der Waals surface area contributed by atoms with E-state index in [0.717, 1.165) is 31.7 Å². The number of isothiocyanates is 1. The van der Waals surface area contributed by atoms with Crippen molar-refractivity contribution >= 4 is 40.6 Å². The van der Waals surface area contributed by atoms with Crippen molar-refractivity contribution in [1.29, 1.82) is 0 Å². The number of carbonyl (C=O) groups is 1. The van der Waals surface area contributed by atoms with Crippen molar-refractivity contribution in [3.8, 4) is 5.75 Å². The zero-order valence-electron chi connectivity index (χ0n) is 12.0. The number of thiocarbonyl (C=S) groups is 1. The normalized spacial score (nSPS) is 16.0. The van der Waals surface area contributed by atoms with Gasteiger partial charge in [0.15, 0.2) is 11.9 Å². The summed E-state index contributed by atoms with van der Waals surface area (Å²) < 4.78 is 24.4. The molecule has 0 heterocycles. The maximum Gasteiger partial charge on any atom is 0.347 e. The molecule has 0 N–H and O–H groups in total. The Bertz CT molecular complexity index is 613. The summed E-state index contributed by atoms with van der Waals surface area (Å²) in [7, 11) is 0. The number of ether oxygens (including phenoxy) is 2. The van der Waals surface area contributed by atoms with Crippen LogP contribution in [0.2, 0.25) is 5.02 Å². The molecule has 1 aliphatic rings. The minimum atomic E-state index is -0.854. The fourth-order valence-corrected chi connectivity index (χ4v) is 2.54. The second-order valence-corrected chi connectivity index (χ2v) is 5.63. The summed E-state index contributed by atoms with van der Waals surface area (Å²) in [6, 6.07) is 2.33. The summed E-state index contributed by atoms with van der Waals surface area (Å²) in [6.07, 6.45) is 2.99. The molecule has 1 unspecified atom stereocenters. The lowest BCUT2D eigenvalue weighted by molar-refractivity contribution is -0.156. The number of esters is 1. The number of hydrogen-bond donors (Lipinski definition) is 0. The van der Waals surface area contributed by atoms with E-state index in [1.54, 1.807) is 6.92 Å². The van der Waals surface area contributed by atoms with Crippen molar-refractivity contribution in [2.45, 2.75) is 44.8 Å². The van der Waals surface area contributed by atoms with E-state index in [9.17, 15) is 9.18 Å². The van der Waals surface area contributed by atoms with Crippen LogP contribution in [0.4, 0.5) is 10.1 Å². The van der Waals surface area contributed by atoms with E-state index in [4.69, 9.17) is 21.1 Å². The monoisotopic (exact) mass is 343 g/mol. The van der Waals surface area contributed by atoms with Gasteiger partial charge in [-0.05, 0) is 50.9 Å². The maximum absolute atomic E-state index is 13.6. The lowest BCUT2D eigenvalue weighted by atomic mass is 10.2. The van der Waals surface area contributed by atoms with Gasteiger partial charge in [0, 0.05) is 6.07 Å². The van der Waals surface area contributed by atoms with Crippen LogP contribution >= 0.6 is 23.8 Å². The van der Waals surface area contributed by atoms with E-state index in [1.165, 1.54) is 6.07 Å². The van der Waals surface area contributed by atoms with E-state index in [0.29, 0.717) is 0 Å². The Labute approximate surface area is 138 Å². The van der Waals surface area contributed by atoms with Crippen molar-refractivity contribution in [3.63, 3.8) is 0 Å². The summed E-state index contributed by atoms with van der Waals surface area (Å²) in [5, 5.41) is 2.12. The molecule has 7 heteroatoms. The van der Waals surface area contributed by atoms with E-state index >= 15 is 0 Å². The molecule has 1 saturated carbocycles. The third kappa shape index (κ3) is 4.26. The first-order valence-corrected chi connectivity index (χ1v) is 7.74. The molecule has 0 radical (unpaired) electrons. The fourth-order valence-electron chi connectivity index (χ4n) is 2.25. The Kier molecular flexibility index (Phi) is 5.89. The molecule has 0 saturated heterocycles. The van der Waals surface area contributed by atoms with Crippen molar-refractivity contribution in [2.75, 3.05) is 0 Å². The Balaban J connectivity index is 2.06. The minimum Gasteiger partial charge on any atom is -0.477 e. The third-order valence-corrected chi connectivity index (χ3v) is 3.77. The van der Waals surface area contributed by atoms with Gasteiger partial charge >= 0.3 is 5.97 Å². The van der Waals surface area contributed by atoms with Gasteiger partial charge in [0.25, 0.3) is 0 Å². The molecule has 1 aromatic carbocycles. The summed E-state index contributed by atoms with van der Waals surface area (Å²) in [5.74, 6) is -0.967. The summed E-state index contributed by atoms with van der Waals surface area (Å²) in [5.41, 5.74) is -0.0502. The van der Waals surface area contributed by atoms with Gasteiger partial charge in [-0.15, -0.1) is 0 Å². The SMILES string of the molecule is CC(Oc1cc(N=C=S)c(F)cc1Cl)C(=O)OC1CCCC1. The van der Waals surface area contributed by atoms with Crippen molar-refractivity contribution < 1.29 is 18.7 Å². The molecule has 0 aliphatic heterocycles. The zero-order chi connectivity index (χ0) is 16.1. The van der Waals surface area contributed by atoms with Crippen LogP contribution in [0.3, 0.4) is 0 Å². The van der Waals surface area contributed by atoms with Crippen LogP contribution in [0.25, 0.3) is 0 Å². The number of rotatable bonds is 5. The van der Waals surface area contributed by atoms with E-state index in [2.05, 4.69) is 22.4 Å². The summed E-state index contributed by atoms with van der Waals surface area (Å²) >= 11 is 10.4. The number of aliphatic imine (C=N–C) groups is 1. The van der Waals surface area contributed by atoms with Crippen molar-refractivity contribution in [2.24, 2.45) is 4.99 Å². The molecule has 118 valence electrons. The van der Waals surface area contributed by atoms with Gasteiger partial charge in [-0.3, -0.25) is 0 Å². The second-order valence-electron chi connectivity index (χ2n) is 5.04. The van der Waals surface area contributed by atoms with Gasteiger partial charge in [-0.25, -0.2) is 9.18 Å². The van der Waals surface area contributed by atoms with Gasteiger partial charge in [0.2, 0.25) is 0 Å². The minimum absolute atomic E-state index is 0.0429. The first-order valence-electron chi connectivity index (χ1n) is 6.95. The first-order chi connectivity index (χ1) is 10.5. The number of carbonyl (C=O) groups excluding carboxylic acids is 1. The molecule has 22 heavy (non-hydrogen) atoms. The van der Waals surface area contributed by atoms with Crippen LogP contribution in [0.5, 0.6) is 5.75 Å². The molecule has 0 spiro atoms. The Morgan fingerprint density at radius 3 is 2.82 bits per heavy atom. The topological polar surface area (TPSA) is 47.9 Å². The van der Waals surface area contributed by atoms with Crippen molar-refractivity contribution in [1.82, 2.24) is 0 Å². The third-order valence-electron chi connectivity index (χ3n) is 3.39. The number of benzene rings is 1. The lowest BCUT2D eigenvalue weighted by Gasteiger charge is -2.18. The number of halogens is 2. The molecule has 4 nitrogen and oxygen atoms in total. The highest BCUT2D eigenvalue weighted by Gasteiger charge is 2.24. The van der Waals surface area contributed by atoms with Crippen LogP contribution in [0.15, 0.2) is 17.1 Å². The van der Waals surface area contributed by atoms with Crippen LogP contribution in [0.1, 0.15) is 32.6 Å². The van der Waals surface area contributed by atoms with Gasteiger partial charge in [-0.2, -0.15) is 4.99 Å². The van der Waals surface area contributed by atoms with Crippen LogP contribution in [0, 0.1) is 5.82 Å². The van der Waals surface area contributed by atoms with E-state index < -0.39 is 17.9 Å². The zero-order valence-corrected chi connectivity index (χ0v) is 13.5.